The second-order valence-electron chi connectivity index (χ2n) is 5.38. The number of carboxylic acids is 1. The standard InChI is InChI=1S/C14H18N2O4S/c1-20-8-6-10(15-7-8)13(17)16-4-2-11-9(3-5-21-11)12(16)14(18)19/h3,5,8,10,12,15H,2,4,6-7H2,1H3,(H,18,19). The molecule has 1 saturated heterocycles. The number of thiophene rings is 1. The molecule has 2 N–H and O–H groups in total. The Morgan fingerprint density at radius 3 is 3.00 bits per heavy atom. The fourth-order valence-corrected chi connectivity index (χ4v) is 4.00. The van der Waals surface area contributed by atoms with Crippen LogP contribution in [0.1, 0.15) is 22.9 Å². The summed E-state index contributed by atoms with van der Waals surface area (Å²) in [6.07, 6.45) is 1.33. The zero-order valence-electron chi connectivity index (χ0n) is 11.7. The first-order valence-electron chi connectivity index (χ1n) is 6.97. The summed E-state index contributed by atoms with van der Waals surface area (Å²) >= 11 is 1.56. The zero-order chi connectivity index (χ0) is 15.0. The number of ether oxygens (including phenoxy) is 1. The smallest absolute Gasteiger partial charge is 0.331 e. The molecule has 1 fully saturated rings. The molecule has 6 nitrogen and oxygen atoms in total. The van der Waals surface area contributed by atoms with Crippen molar-refractivity contribution in [3.63, 3.8) is 0 Å². The highest BCUT2D eigenvalue weighted by atomic mass is 32.1. The van der Waals surface area contributed by atoms with Crippen molar-refractivity contribution in [2.24, 2.45) is 0 Å². The van der Waals surface area contributed by atoms with Crippen LogP contribution < -0.4 is 5.32 Å². The SMILES string of the molecule is COC1CNC(C(=O)N2CCc3sccc3C2C(=O)O)C1. The Balaban J connectivity index is 1.81. The van der Waals surface area contributed by atoms with E-state index in [-0.39, 0.29) is 18.1 Å². The lowest BCUT2D eigenvalue weighted by atomic mass is 9.98. The van der Waals surface area contributed by atoms with E-state index < -0.39 is 12.0 Å². The summed E-state index contributed by atoms with van der Waals surface area (Å²) in [6, 6.07) is 0.603. The number of methoxy groups -OCH3 is 1. The Hall–Kier alpha value is -1.44. The summed E-state index contributed by atoms with van der Waals surface area (Å²) in [5.74, 6) is -1.11. The normalized spacial score (nSPS) is 28.4. The number of carbonyl (C=O) groups is 2. The quantitative estimate of drug-likeness (QED) is 0.856. The van der Waals surface area contributed by atoms with Gasteiger partial charge in [-0.15, -0.1) is 11.3 Å². The summed E-state index contributed by atoms with van der Waals surface area (Å²) in [6.45, 7) is 1.08. The van der Waals surface area contributed by atoms with Gasteiger partial charge < -0.3 is 20.1 Å². The van der Waals surface area contributed by atoms with Crippen LogP contribution in [0.15, 0.2) is 11.4 Å². The predicted octanol–water partition coefficient (Wildman–Crippen LogP) is 0.635. The number of amides is 1. The highest BCUT2D eigenvalue weighted by Crippen LogP contribution is 2.34. The van der Waals surface area contributed by atoms with Crippen molar-refractivity contribution in [1.82, 2.24) is 10.2 Å². The minimum absolute atomic E-state index is 0.0173. The van der Waals surface area contributed by atoms with Crippen molar-refractivity contribution in [1.29, 1.82) is 0 Å². The molecule has 1 aromatic heterocycles. The molecule has 3 atom stereocenters. The van der Waals surface area contributed by atoms with Gasteiger partial charge in [-0.1, -0.05) is 0 Å². The fourth-order valence-electron chi connectivity index (χ4n) is 3.09. The molecule has 0 saturated carbocycles. The van der Waals surface area contributed by atoms with Crippen LogP contribution in [0.25, 0.3) is 0 Å². The monoisotopic (exact) mass is 310 g/mol. The van der Waals surface area contributed by atoms with Crippen LogP contribution in [0.4, 0.5) is 0 Å². The third-order valence-corrected chi connectivity index (χ3v) is 5.20. The Morgan fingerprint density at radius 2 is 2.33 bits per heavy atom. The molecule has 3 rings (SSSR count). The van der Waals surface area contributed by atoms with Gasteiger partial charge in [0.2, 0.25) is 5.91 Å². The summed E-state index contributed by atoms with van der Waals surface area (Å²) < 4.78 is 5.25. The maximum Gasteiger partial charge on any atom is 0.331 e. The lowest BCUT2D eigenvalue weighted by Crippen LogP contribution is -2.49. The second kappa shape index (κ2) is 5.75. The van der Waals surface area contributed by atoms with Gasteiger partial charge in [0.25, 0.3) is 0 Å². The van der Waals surface area contributed by atoms with Crippen LogP contribution in [-0.4, -0.2) is 54.2 Å². The van der Waals surface area contributed by atoms with Gasteiger partial charge in [0.1, 0.15) is 0 Å². The van der Waals surface area contributed by atoms with Crippen molar-refractivity contribution < 1.29 is 19.4 Å². The van der Waals surface area contributed by atoms with Crippen LogP contribution in [0.2, 0.25) is 0 Å². The van der Waals surface area contributed by atoms with Crippen molar-refractivity contribution in [3.05, 3.63) is 21.9 Å². The number of nitrogens with one attached hydrogen (secondary N) is 1. The van der Waals surface area contributed by atoms with E-state index in [1.807, 2.05) is 11.4 Å². The average molecular weight is 310 g/mol. The van der Waals surface area contributed by atoms with Crippen LogP contribution in [0.3, 0.4) is 0 Å². The number of hydrogen-bond donors (Lipinski definition) is 2. The molecule has 0 spiro atoms. The first-order valence-corrected chi connectivity index (χ1v) is 7.85. The van der Waals surface area contributed by atoms with Crippen LogP contribution >= 0.6 is 11.3 Å². The predicted molar refractivity (Wildman–Crippen MR) is 77.3 cm³/mol. The molecule has 0 aliphatic carbocycles. The van der Waals surface area contributed by atoms with Crippen LogP contribution in [-0.2, 0) is 20.7 Å². The van der Waals surface area contributed by atoms with E-state index in [0.717, 1.165) is 16.9 Å². The number of nitrogens with zero attached hydrogens (tertiary/aromatic N) is 1. The molecular weight excluding hydrogens is 292 g/mol. The summed E-state index contributed by atoms with van der Waals surface area (Å²) in [5.41, 5.74) is 0.758. The number of aliphatic carboxylic acids is 1. The van der Waals surface area contributed by atoms with Crippen molar-refractivity contribution in [2.45, 2.75) is 31.0 Å². The van der Waals surface area contributed by atoms with E-state index in [4.69, 9.17) is 4.74 Å². The van der Waals surface area contributed by atoms with Crippen LogP contribution in [0, 0.1) is 0 Å². The van der Waals surface area contributed by atoms with Crippen molar-refractivity contribution in [3.8, 4) is 0 Å². The summed E-state index contributed by atoms with van der Waals surface area (Å²) in [4.78, 5) is 26.9. The molecule has 7 heteroatoms. The Bertz CT molecular complexity index is 559. The summed E-state index contributed by atoms with van der Waals surface area (Å²) in [5, 5.41) is 14.5. The Kier molecular flexibility index (Phi) is 3.97. The lowest BCUT2D eigenvalue weighted by Gasteiger charge is -2.34. The zero-order valence-corrected chi connectivity index (χ0v) is 12.6. The third kappa shape index (κ3) is 2.56. The molecule has 0 radical (unpaired) electrons. The molecule has 0 bridgehead atoms. The average Bonchev–Trinajstić information content (AvgIpc) is 3.13. The number of carboxylic acid groups (broad SMARTS) is 1. The Labute approximate surface area is 126 Å². The fraction of sp³-hybridized carbons (Fsp3) is 0.571. The van der Waals surface area contributed by atoms with Gasteiger partial charge in [-0.05, 0) is 29.9 Å². The lowest BCUT2D eigenvalue weighted by molar-refractivity contribution is -0.152. The molecule has 3 unspecified atom stereocenters. The second-order valence-corrected chi connectivity index (χ2v) is 6.38. The Morgan fingerprint density at radius 1 is 1.52 bits per heavy atom. The van der Waals surface area contributed by atoms with Gasteiger partial charge in [-0.2, -0.15) is 0 Å². The minimum Gasteiger partial charge on any atom is -0.479 e. The minimum atomic E-state index is -0.969. The van der Waals surface area contributed by atoms with Gasteiger partial charge in [-0.25, -0.2) is 4.79 Å². The molecule has 3 heterocycles. The molecule has 0 aromatic carbocycles. The van der Waals surface area contributed by atoms with E-state index in [9.17, 15) is 14.7 Å². The first kappa shape index (κ1) is 14.5. The van der Waals surface area contributed by atoms with Gasteiger partial charge in [0.15, 0.2) is 6.04 Å². The maximum atomic E-state index is 12.7. The molecule has 2 aliphatic heterocycles. The topological polar surface area (TPSA) is 78.9 Å². The van der Waals surface area contributed by atoms with Gasteiger partial charge in [-0.3, -0.25) is 4.79 Å². The molecule has 2 aliphatic rings. The van der Waals surface area contributed by atoms with Gasteiger partial charge in [0.05, 0.1) is 12.1 Å². The molecule has 1 aromatic rings. The molecular formula is C14H18N2O4S. The third-order valence-electron chi connectivity index (χ3n) is 4.20. The van der Waals surface area contributed by atoms with Crippen molar-refractivity contribution in [2.75, 3.05) is 20.2 Å². The largest absolute Gasteiger partial charge is 0.479 e. The first-order chi connectivity index (χ1) is 10.1. The maximum absolute atomic E-state index is 12.7. The van der Waals surface area contributed by atoms with E-state index in [2.05, 4.69) is 5.32 Å². The highest BCUT2D eigenvalue weighted by Gasteiger charge is 2.41. The molecule has 1 amide bonds. The molecule has 21 heavy (non-hydrogen) atoms. The number of fused-ring (bicyclic) bond motifs is 1. The van der Waals surface area contributed by atoms with Gasteiger partial charge >= 0.3 is 5.97 Å². The number of rotatable bonds is 3. The summed E-state index contributed by atoms with van der Waals surface area (Å²) in [7, 11) is 1.62. The van der Waals surface area contributed by atoms with E-state index in [1.165, 1.54) is 4.90 Å². The van der Waals surface area contributed by atoms with Crippen molar-refractivity contribution >= 4 is 23.2 Å². The van der Waals surface area contributed by atoms with Gasteiger partial charge in [0, 0.05) is 25.1 Å². The van der Waals surface area contributed by atoms with E-state index in [1.54, 1.807) is 18.4 Å². The number of carbonyl (C=O) groups excluding carboxylic acids is 1. The molecule has 114 valence electrons. The van der Waals surface area contributed by atoms with E-state index in [0.29, 0.717) is 19.5 Å². The van der Waals surface area contributed by atoms with E-state index >= 15 is 0 Å². The van der Waals surface area contributed by atoms with Crippen LogP contribution in [0.5, 0.6) is 0 Å². The number of hydrogen-bond acceptors (Lipinski definition) is 5. The highest BCUT2D eigenvalue weighted by molar-refractivity contribution is 7.10.